The van der Waals surface area contributed by atoms with E-state index < -0.39 is 0 Å². The molecule has 3 aromatic rings. The van der Waals surface area contributed by atoms with Crippen LogP contribution in [0.5, 0.6) is 0 Å². The minimum atomic E-state index is -0.389. The molecule has 0 amide bonds. The predicted octanol–water partition coefficient (Wildman–Crippen LogP) is 2.23. The maximum Gasteiger partial charge on any atom is 0.138 e. The third kappa shape index (κ3) is 2.39. The van der Waals surface area contributed by atoms with Gasteiger partial charge >= 0.3 is 0 Å². The first-order chi connectivity index (χ1) is 10.6. The van der Waals surface area contributed by atoms with Crippen molar-refractivity contribution < 1.29 is 14.0 Å². The van der Waals surface area contributed by atoms with Gasteiger partial charge in [-0.15, -0.1) is 5.10 Å². The van der Waals surface area contributed by atoms with Gasteiger partial charge in [0.1, 0.15) is 17.3 Å². The van der Waals surface area contributed by atoms with Crippen LogP contribution in [0.25, 0.3) is 11.3 Å². The molecule has 3 rings (SSSR count). The van der Waals surface area contributed by atoms with E-state index in [0.29, 0.717) is 29.3 Å². The average molecular weight is 302 g/mol. The topological polar surface area (TPSA) is 77.0 Å². The van der Waals surface area contributed by atoms with Crippen molar-refractivity contribution in [2.45, 2.75) is 27.0 Å². The van der Waals surface area contributed by atoms with Crippen molar-refractivity contribution >= 4 is 0 Å². The maximum absolute atomic E-state index is 14.1. The summed E-state index contributed by atoms with van der Waals surface area (Å²) in [5.74, 6) is 0.289. The monoisotopic (exact) mass is 302 g/mol. The molecule has 0 unspecified atom stereocenters. The number of benzene rings is 1. The van der Waals surface area contributed by atoms with E-state index in [9.17, 15) is 9.50 Å². The number of halogens is 1. The van der Waals surface area contributed by atoms with Crippen LogP contribution in [0.4, 0.5) is 4.39 Å². The first kappa shape index (κ1) is 14.4. The number of rotatable bonds is 4. The molecular formula is C15H15FN4O2. The van der Waals surface area contributed by atoms with Gasteiger partial charge in [-0.3, -0.25) is 0 Å². The van der Waals surface area contributed by atoms with Gasteiger partial charge in [0.15, 0.2) is 0 Å². The van der Waals surface area contributed by atoms with Crippen molar-refractivity contribution in [1.29, 1.82) is 0 Å². The molecule has 0 aliphatic carbocycles. The van der Waals surface area contributed by atoms with Crippen LogP contribution in [0, 0.1) is 19.7 Å². The van der Waals surface area contributed by atoms with E-state index in [1.54, 1.807) is 22.9 Å². The van der Waals surface area contributed by atoms with Gasteiger partial charge in [-0.05, 0) is 26.0 Å². The van der Waals surface area contributed by atoms with Crippen LogP contribution in [0.3, 0.4) is 0 Å². The Labute approximate surface area is 126 Å². The summed E-state index contributed by atoms with van der Waals surface area (Å²) in [5, 5.41) is 21.3. The lowest BCUT2D eigenvalue weighted by Gasteiger charge is -2.08. The Morgan fingerprint density at radius 3 is 2.68 bits per heavy atom. The smallest absolute Gasteiger partial charge is 0.138 e. The highest BCUT2D eigenvalue weighted by Crippen LogP contribution is 2.26. The minimum Gasteiger partial charge on any atom is -0.390 e. The summed E-state index contributed by atoms with van der Waals surface area (Å²) in [6.45, 7) is 3.67. The molecule has 0 saturated carbocycles. The van der Waals surface area contributed by atoms with Crippen LogP contribution in [-0.2, 0) is 13.2 Å². The Morgan fingerprint density at radius 2 is 2.05 bits per heavy atom. The van der Waals surface area contributed by atoms with Crippen LogP contribution < -0.4 is 0 Å². The number of aliphatic hydroxyl groups excluding tert-OH is 1. The minimum absolute atomic E-state index is 0.314. The van der Waals surface area contributed by atoms with Gasteiger partial charge < -0.3 is 9.63 Å². The lowest BCUT2D eigenvalue weighted by atomic mass is 10.1. The quantitative estimate of drug-likeness (QED) is 0.799. The molecular weight excluding hydrogens is 287 g/mol. The van der Waals surface area contributed by atoms with Crippen LogP contribution in [0.15, 0.2) is 28.8 Å². The number of aliphatic hydroxyl groups is 1. The molecule has 1 N–H and O–H groups in total. The summed E-state index contributed by atoms with van der Waals surface area (Å²) >= 11 is 0. The normalized spacial score (nSPS) is 11.1. The Balaban J connectivity index is 2.10. The molecule has 0 aliphatic rings. The van der Waals surface area contributed by atoms with Crippen molar-refractivity contribution in [2.24, 2.45) is 0 Å². The zero-order valence-electron chi connectivity index (χ0n) is 12.2. The molecule has 0 spiro atoms. The zero-order valence-corrected chi connectivity index (χ0v) is 12.2. The molecule has 22 heavy (non-hydrogen) atoms. The van der Waals surface area contributed by atoms with Crippen molar-refractivity contribution in [3.05, 3.63) is 52.8 Å². The number of nitrogens with zero attached hydrogens (tertiary/aromatic N) is 4. The standard InChI is InChI=1S/C15H15FN4O2/c1-9-12(10(2)22-18-9)7-20-15(14(8-21)17-19-20)11-5-3-4-6-13(11)16/h3-6,21H,7-8H2,1-2H3. The summed E-state index contributed by atoms with van der Waals surface area (Å²) in [6.07, 6.45) is 0. The lowest BCUT2D eigenvalue weighted by molar-refractivity contribution is 0.277. The highest BCUT2D eigenvalue weighted by molar-refractivity contribution is 5.62. The molecule has 0 fully saturated rings. The van der Waals surface area contributed by atoms with E-state index in [1.807, 2.05) is 13.8 Å². The van der Waals surface area contributed by atoms with Gasteiger partial charge in [0.25, 0.3) is 0 Å². The van der Waals surface area contributed by atoms with E-state index >= 15 is 0 Å². The van der Waals surface area contributed by atoms with E-state index in [-0.39, 0.29) is 12.4 Å². The maximum atomic E-state index is 14.1. The SMILES string of the molecule is Cc1noc(C)c1Cn1nnc(CO)c1-c1ccccc1F. The molecule has 2 heterocycles. The molecule has 0 radical (unpaired) electrons. The number of aromatic nitrogens is 4. The second-order valence-corrected chi connectivity index (χ2v) is 4.98. The highest BCUT2D eigenvalue weighted by Gasteiger charge is 2.19. The molecule has 7 heteroatoms. The van der Waals surface area contributed by atoms with Gasteiger partial charge in [-0.25, -0.2) is 9.07 Å². The average Bonchev–Trinajstić information content (AvgIpc) is 3.06. The fraction of sp³-hybridized carbons (Fsp3) is 0.267. The molecule has 114 valence electrons. The van der Waals surface area contributed by atoms with Crippen LogP contribution in [-0.4, -0.2) is 25.3 Å². The van der Waals surface area contributed by atoms with Gasteiger partial charge in [0.2, 0.25) is 0 Å². The van der Waals surface area contributed by atoms with Crippen LogP contribution >= 0.6 is 0 Å². The summed E-state index contributed by atoms with van der Waals surface area (Å²) in [6, 6.07) is 6.34. The molecule has 1 aromatic carbocycles. The Morgan fingerprint density at radius 1 is 1.27 bits per heavy atom. The van der Waals surface area contributed by atoms with Gasteiger partial charge in [-0.2, -0.15) is 0 Å². The third-order valence-electron chi connectivity index (χ3n) is 3.57. The Hall–Kier alpha value is -2.54. The summed E-state index contributed by atoms with van der Waals surface area (Å²) in [4.78, 5) is 0. The fourth-order valence-corrected chi connectivity index (χ4v) is 2.39. The number of hydrogen-bond acceptors (Lipinski definition) is 5. The fourth-order valence-electron chi connectivity index (χ4n) is 2.39. The van der Waals surface area contributed by atoms with E-state index in [2.05, 4.69) is 15.5 Å². The summed E-state index contributed by atoms with van der Waals surface area (Å²) in [7, 11) is 0. The third-order valence-corrected chi connectivity index (χ3v) is 3.57. The van der Waals surface area contributed by atoms with Crippen molar-refractivity contribution in [2.75, 3.05) is 0 Å². The molecule has 2 aromatic heterocycles. The number of hydrogen-bond donors (Lipinski definition) is 1. The van der Waals surface area contributed by atoms with Gasteiger partial charge in [0.05, 0.1) is 24.5 Å². The molecule has 0 saturated heterocycles. The first-order valence-electron chi connectivity index (χ1n) is 6.81. The molecule has 0 atom stereocenters. The Kier molecular flexibility index (Phi) is 3.72. The van der Waals surface area contributed by atoms with Gasteiger partial charge in [-0.1, -0.05) is 22.5 Å². The van der Waals surface area contributed by atoms with Crippen molar-refractivity contribution in [3.8, 4) is 11.3 Å². The molecule has 0 bridgehead atoms. The van der Waals surface area contributed by atoms with E-state index in [1.165, 1.54) is 6.07 Å². The Bertz CT molecular complexity index is 790. The zero-order chi connectivity index (χ0) is 15.7. The second kappa shape index (κ2) is 5.69. The highest BCUT2D eigenvalue weighted by atomic mass is 19.1. The van der Waals surface area contributed by atoms with Crippen molar-refractivity contribution in [3.63, 3.8) is 0 Å². The molecule has 0 aliphatic heterocycles. The second-order valence-electron chi connectivity index (χ2n) is 4.98. The largest absolute Gasteiger partial charge is 0.390 e. The van der Waals surface area contributed by atoms with E-state index in [0.717, 1.165) is 11.3 Å². The first-order valence-corrected chi connectivity index (χ1v) is 6.81. The van der Waals surface area contributed by atoms with Crippen LogP contribution in [0.2, 0.25) is 0 Å². The summed E-state index contributed by atoms with van der Waals surface area (Å²) < 4.78 is 20.8. The van der Waals surface area contributed by atoms with Crippen LogP contribution in [0.1, 0.15) is 22.7 Å². The summed E-state index contributed by atoms with van der Waals surface area (Å²) in [5.41, 5.74) is 2.76. The van der Waals surface area contributed by atoms with Gasteiger partial charge in [0, 0.05) is 11.1 Å². The van der Waals surface area contributed by atoms with Crippen molar-refractivity contribution in [1.82, 2.24) is 20.2 Å². The predicted molar refractivity (Wildman–Crippen MR) is 76.4 cm³/mol. The molecule has 6 nitrogen and oxygen atoms in total. The van der Waals surface area contributed by atoms with E-state index in [4.69, 9.17) is 4.52 Å². The lowest BCUT2D eigenvalue weighted by Crippen LogP contribution is -2.07. The number of aryl methyl sites for hydroxylation is 2.